The number of amides is 1. The van der Waals surface area contributed by atoms with Gasteiger partial charge in [-0.15, -0.1) is 0 Å². The van der Waals surface area contributed by atoms with E-state index in [-0.39, 0.29) is 18.8 Å². The number of benzene rings is 2. The molecule has 2 rings (SSSR count). The number of rotatable bonds is 6. The van der Waals surface area contributed by atoms with E-state index in [0.29, 0.717) is 5.56 Å². The van der Waals surface area contributed by atoms with E-state index in [1.807, 2.05) is 30.3 Å². The van der Waals surface area contributed by atoms with Crippen LogP contribution in [0.3, 0.4) is 0 Å². The Labute approximate surface area is 133 Å². The van der Waals surface area contributed by atoms with Crippen LogP contribution in [0.1, 0.15) is 27.5 Å². The standard InChI is InChI=1S/C17H17NO5/c19-10-15(13-6-8-14(9-7-13)16(20)21)18-17(22)23-11-12-4-2-1-3-5-12/h1-9,15,19H,10-11H2,(H,18,22)(H,20,21). The van der Waals surface area contributed by atoms with Crippen LogP contribution >= 0.6 is 0 Å². The molecule has 1 amide bonds. The maximum absolute atomic E-state index is 11.8. The molecule has 3 N–H and O–H groups in total. The summed E-state index contributed by atoms with van der Waals surface area (Å²) in [6.45, 7) is -0.199. The van der Waals surface area contributed by atoms with Gasteiger partial charge in [0, 0.05) is 0 Å². The van der Waals surface area contributed by atoms with E-state index in [2.05, 4.69) is 5.32 Å². The molecule has 0 spiro atoms. The van der Waals surface area contributed by atoms with E-state index >= 15 is 0 Å². The number of carboxylic acid groups (broad SMARTS) is 1. The first-order valence-corrected chi connectivity index (χ1v) is 7.01. The lowest BCUT2D eigenvalue weighted by Gasteiger charge is -2.17. The molecule has 0 saturated heterocycles. The van der Waals surface area contributed by atoms with Gasteiger partial charge in [-0.25, -0.2) is 9.59 Å². The molecule has 1 atom stereocenters. The van der Waals surface area contributed by atoms with E-state index in [0.717, 1.165) is 5.56 Å². The van der Waals surface area contributed by atoms with Crippen molar-refractivity contribution in [3.63, 3.8) is 0 Å². The van der Waals surface area contributed by atoms with E-state index in [4.69, 9.17) is 9.84 Å². The summed E-state index contributed by atoms with van der Waals surface area (Å²) in [5.41, 5.74) is 1.58. The van der Waals surface area contributed by atoms with Crippen molar-refractivity contribution in [2.24, 2.45) is 0 Å². The highest BCUT2D eigenvalue weighted by atomic mass is 16.5. The van der Waals surface area contributed by atoms with E-state index in [1.54, 1.807) is 12.1 Å². The monoisotopic (exact) mass is 315 g/mol. The Kier molecular flexibility index (Phi) is 5.71. The molecule has 0 bridgehead atoms. The molecule has 0 aliphatic carbocycles. The SMILES string of the molecule is O=C(NC(CO)c1ccc(C(=O)O)cc1)OCc1ccccc1. The topological polar surface area (TPSA) is 95.9 Å². The zero-order valence-corrected chi connectivity index (χ0v) is 12.3. The fourth-order valence-electron chi connectivity index (χ4n) is 2.00. The highest BCUT2D eigenvalue weighted by Gasteiger charge is 2.15. The molecule has 120 valence electrons. The van der Waals surface area contributed by atoms with Gasteiger partial charge in [-0.1, -0.05) is 42.5 Å². The second-order valence-corrected chi connectivity index (χ2v) is 4.87. The van der Waals surface area contributed by atoms with E-state index in [1.165, 1.54) is 12.1 Å². The first kappa shape index (κ1) is 16.5. The maximum Gasteiger partial charge on any atom is 0.408 e. The normalized spacial score (nSPS) is 11.5. The van der Waals surface area contributed by atoms with Gasteiger partial charge in [-0.05, 0) is 23.3 Å². The Morgan fingerprint density at radius 1 is 1.04 bits per heavy atom. The number of hydrogen-bond acceptors (Lipinski definition) is 4. The van der Waals surface area contributed by atoms with Gasteiger partial charge in [0.1, 0.15) is 6.61 Å². The quantitative estimate of drug-likeness (QED) is 0.760. The fourth-order valence-corrected chi connectivity index (χ4v) is 2.00. The summed E-state index contributed by atoms with van der Waals surface area (Å²) in [6, 6.07) is 14.5. The Hall–Kier alpha value is -2.86. The number of carbonyl (C=O) groups is 2. The van der Waals surface area contributed by atoms with Gasteiger partial charge in [0.05, 0.1) is 18.2 Å². The third-order valence-corrected chi connectivity index (χ3v) is 3.25. The van der Waals surface area contributed by atoms with Gasteiger partial charge < -0.3 is 20.3 Å². The lowest BCUT2D eigenvalue weighted by atomic mass is 10.1. The largest absolute Gasteiger partial charge is 0.478 e. The predicted octanol–water partition coefficient (Wildman–Crippen LogP) is 2.34. The second-order valence-electron chi connectivity index (χ2n) is 4.87. The zero-order chi connectivity index (χ0) is 16.7. The van der Waals surface area contributed by atoms with E-state index in [9.17, 15) is 14.7 Å². The first-order chi connectivity index (χ1) is 11.1. The molecule has 0 heterocycles. The van der Waals surface area contributed by atoms with Crippen LogP contribution in [0.4, 0.5) is 4.79 Å². The molecule has 0 fully saturated rings. The molecule has 6 heteroatoms. The van der Waals surface area contributed by atoms with Crippen molar-refractivity contribution in [2.75, 3.05) is 6.61 Å². The summed E-state index contributed by atoms with van der Waals surface area (Å²) >= 11 is 0. The lowest BCUT2D eigenvalue weighted by molar-refractivity contribution is 0.0696. The van der Waals surface area contributed by atoms with Gasteiger partial charge in [-0.2, -0.15) is 0 Å². The fraction of sp³-hybridized carbons (Fsp3) is 0.176. The summed E-state index contributed by atoms with van der Waals surface area (Å²) in [4.78, 5) is 22.6. The third-order valence-electron chi connectivity index (χ3n) is 3.25. The van der Waals surface area contributed by atoms with Crippen molar-refractivity contribution in [3.05, 3.63) is 71.3 Å². The van der Waals surface area contributed by atoms with Crippen molar-refractivity contribution >= 4 is 12.1 Å². The third kappa shape index (κ3) is 4.82. The van der Waals surface area contributed by atoms with Crippen LogP contribution in [0, 0.1) is 0 Å². The average molecular weight is 315 g/mol. The first-order valence-electron chi connectivity index (χ1n) is 7.01. The number of aliphatic hydroxyl groups excluding tert-OH is 1. The molecule has 1 unspecified atom stereocenters. The highest BCUT2D eigenvalue weighted by Crippen LogP contribution is 2.14. The number of ether oxygens (including phenoxy) is 1. The van der Waals surface area contributed by atoms with Gasteiger partial charge in [-0.3, -0.25) is 0 Å². The van der Waals surface area contributed by atoms with Crippen molar-refractivity contribution in [3.8, 4) is 0 Å². The Morgan fingerprint density at radius 2 is 1.70 bits per heavy atom. The Balaban J connectivity index is 1.93. The van der Waals surface area contributed by atoms with Crippen molar-refractivity contribution in [1.29, 1.82) is 0 Å². The summed E-state index contributed by atoms with van der Waals surface area (Å²) in [5, 5.41) is 20.8. The molecule has 0 aliphatic heterocycles. The summed E-state index contributed by atoms with van der Waals surface area (Å²) in [5.74, 6) is -1.03. The average Bonchev–Trinajstić information content (AvgIpc) is 2.59. The minimum atomic E-state index is -1.03. The van der Waals surface area contributed by atoms with Gasteiger partial charge in [0.25, 0.3) is 0 Å². The van der Waals surface area contributed by atoms with E-state index < -0.39 is 18.1 Å². The molecule has 2 aromatic rings. The number of carboxylic acids is 1. The van der Waals surface area contributed by atoms with Crippen LogP contribution in [-0.4, -0.2) is 28.9 Å². The molecule has 23 heavy (non-hydrogen) atoms. The maximum atomic E-state index is 11.8. The van der Waals surface area contributed by atoms with Crippen LogP contribution in [0.5, 0.6) is 0 Å². The van der Waals surface area contributed by atoms with Gasteiger partial charge in [0.2, 0.25) is 0 Å². The van der Waals surface area contributed by atoms with Crippen LogP contribution in [0.2, 0.25) is 0 Å². The Morgan fingerprint density at radius 3 is 2.26 bits per heavy atom. The number of aliphatic hydroxyl groups is 1. The van der Waals surface area contributed by atoms with Crippen molar-refractivity contribution in [2.45, 2.75) is 12.6 Å². The van der Waals surface area contributed by atoms with Crippen molar-refractivity contribution < 1.29 is 24.5 Å². The zero-order valence-electron chi connectivity index (χ0n) is 12.3. The lowest BCUT2D eigenvalue weighted by Crippen LogP contribution is -2.31. The second kappa shape index (κ2) is 7.95. The summed E-state index contributed by atoms with van der Waals surface area (Å²) in [7, 11) is 0. The van der Waals surface area contributed by atoms with Gasteiger partial charge >= 0.3 is 12.1 Å². The van der Waals surface area contributed by atoms with Gasteiger partial charge in [0.15, 0.2) is 0 Å². The minimum absolute atomic E-state index is 0.128. The Bertz CT molecular complexity index is 654. The van der Waals surface area contributed by atoms with Crippen LogP contribution in [0.25, 0.3) is 0 Å². The number of nitrogens with one attached hydrogen (secondary N) is 1. The van der Waals surface area contributed by atoms with Crippen LogP contribution in [0.15, 0.2) is 54.6 Å². The molecule has 0 aromatic heterocycles. The number of aromatic carboxylic acids is 1. The molecule has 0 saturated carbocycles. The minimum Gasteiger partial charge on any atom is -0.478 e. The molecule has 0 aliphatic rings. The number of carbonyl (C=O) groups excluding carboxylic acids is 1. The van der Waals surface area contributed by atoms with Crippen LogP contribution < -0.4 is 5.32 Å². The summed E-state index contributed by atoms with van der Waals surface area (Å²) < 4.78 is 5.09. The molecule has 2 aromatic carbocycles. The smallest absolute Gasteiger partial charge is 0.408 e. The van der Waals surface area contributed by atoms with Crippen LogP contribution in [-0.2, 0) is 11.3 Å². The molecular weight excluding hydrogens is 298 g/mol. The highest BCUT2D eigenvalue weighted by molar-refractivity contribution is 5.87. The predicted molar refractivity (Wildman–Crippen MR) is 83.0 cm³/mol. The molecular formula is C17H17NO5. The number of alkyl carbamates (subject to hydrolysis) is 1. The molecule has 6 nitrogen and oxygen atoms in total. The molecule has 0 radical (unpaired) electrons. The number of hydrogen-bond donors (Lipinski definition) is 3. The van der Waals surface area contributed by atoms with Crippen molar-refractivity contribution in [1.82, 2.24) is 5.32 Å². The summed E-state index contributed by atoms with van der Waals surface area (Å²) in [6.07, 6.45) is -0.657.